The van der Waals surface area contributed by atoms with Crippen LogP contribution >= 0.6 is 0 Å². The molecule has 4 rings (SSSR count). The second-order valence-electron chi connectivity index (χ2n) is 7.17. The monoisotopic (exact) mass is 382 g/mol. The van der Waals surface area contributed by atoms with E-state index in [-0.39, 0.29) is 12.1 Å². The van der Waals surface area contributed by atoms with E-state index in [9.17, 15) is 4.79 Å². The van der Waals surface area contributed by atoms with Crippen LogP contribution in [0.15, 0.2) is 36.5 Å². The molecule has 28 heavy (non-hydrogen) atoms. The van der Waals surface area contributed by atoms with Crippen LogP contribution in [0, 0.1) is 0 Å². The number of anilines is 1. The van der Waals surface area contributed by atoms with Crippen molar-refractivity contribution in [3.63, 3.8) is 0 Å². The quantitative estimate of drug-likeness (QED) is 0.831. The van der Waals surface area contributed by atoms with Gasteiger partial charge in [0.2, 0.25) is 0 Å². The fourth-order valence-corrected chi connectivity index (χ4v) is 3.50. The Morgan fingerprint density at radius 1 is 1.14 bits per heavy atom. The third-order valence-electron chi connectivity index (χ3n) is 5.11. The molecule has 2 aliphatic heterocycles. The SMILES string of the molecule is CC(NC(=O)NCc1ccc(N2CCCC2)nc1)c1ccc2c(c1)OCCO2. The zero-order chi connectivity index (χ0) is 19.3. The van der Waals surface area contributed by atoms with Gasteiger partial charge in [-0.2, -0.15) is 0 Å². The van der Waals surface area contributed by atoms with Gasteiger partial charge in [0.25, 0.3) is 0 Å². The van der Waals surface area contributed by atoms with E-state index in [1.807, 2.05) is 43.5 Å². The zero-order valence-corrected chi connectivity index (χ0v) is 16.1. The molecule has 2 aliphatic rings. The molecule has 148 valence electrons. The Kier molecular flexibility index (Phi) is 5.50. The van der Waals surface area contributed by atoms with Crippen molar-refractivity contribution >= 4 is 11.8 Å². The van der Waals surface area contributed by atoms with Crippen LogP contribution in [0.3, 0.4) is 0 Å². The van der Waals surface area contributed by atoms with Gasteiger partial charge in [-0.3, -0.25) is 0 Å². The first-order valence-corrected chi connectivity index (χ1v) is 9.83. The topological polar surface area (TPSA) is 75.7 Å². The molecule has 2 aromatic rings. The highest BCUT2D eigenvalue weighted by molar-refractivity contribution is 5.74. The molecule has 2 amide bonds. The van der Waals surface area contributed by atoms with Crippen LogP contribution in [0.25, 0.3) is 0 Å². The number of rotatable bonds is 5. The minimum absolute atomic E-state index is 0.147. The summed E-state index contributed by atoms with van der Waals surface area (Å²) in [6, 6.07) is 9.42. The Morgan fingerprint density at radius 3 is 2.68 bits per heavy atom. The minimum atomic E-state index is -0.217. The molecule has 7 nitrogen and oxygen atoms in total. The maximum absolute atomic E-state index is 12.3. The molecule has 0 saturated carbocycles. The number of aromatic nitrogens is 1. The molecule has 1 fully saturated rings. The van der Waals surface area contributed by atoms with Crippen molar-refractivity contribution in [2.75, 3.05) is 31.2 Å². The maximum Gasteiger partial charge on any atom is 0.315 e. The van der Waals surface area contributed by atoms with Crippen molar-refractivity contribution in [1.82, 2.24) is 15.6 Å². The van der Waals surface area contributed by atoms with Gasteiger partial charge in [-0.05, 0) is 49.1 Å². The minimum Gasteiger partial charge on any atom is -0.486 e. The van der Waals surface area contributed by atoms with Crippen LogP contribution in [-0.2, 0) is 6.54 Å². The molecule has 1 aromatic carbocycles. The Balaban J connectivity index is 1.28. The van der Waals surface area contributed by atoms with E-state index in [1.54, 1.807) is 0 Å². The Morgan fingerprint density at radius 2 is 1.93 bits per heavy atom. The zero-order valence-electron chi connectivity index (χ0n) is 16.1. The second kappa shape index (κ2) is 8.37. The summed E-state index contributed by atoms with van der Waals surface area (Å²) in [5.74, 6) is 2.48. The standard InChI is InChI=1S/C21H26N4O3/c1-15(17-5-6-18-19(12-17)28-11-10-27-18)24-21(26)23-14-16-4-7-20(22-13-16)25-8-2-3-9-25/h4-7,12-13,15H,2-3,8-11,14H2,1H3,(H2,23,24,26). The Hall–Kier alpha value is -2.96. The fourth-order valence-electron chi connectivity index (χ4n) is 3.50. The number of urea groups is 1. The lowest BCUT2D eigenvalue weighted by atomic mass is 10.1. The van der Waals surface area contributed by atoms with Crippen LogP contribution < -0.4 is 25.0 Å². The van der Waals surface area contributed by atoms with Crippen molar-refractivity contribution in [2.45, 2.75) is 32.4 Å². The molecule has 0 spiro atoms. The molecular formula is C21H26N4O3. The number of nitrogens with one attached hydrogen (secondary N) is 2. The molecule has 7 heteroatoms. The average molecular weight is 382 g/mol. The first-order chi connectivity index (χ1) is 13.7. The third-order valence-corrected chi connectivity index (χ3v) is 5.11. The number of ether oxygens (including phenoxy) is 2. The number of hydrogen-bond acceptors (Lipinski definition) is 5. The van der Waals surface area contributed by atoms with E-state index in [1.165, 1.54) is 12.8 Å². The van der Waals surface area contributed by atoms with Crippen molar-refractivity contribution in [3.8, 4) is 11.5 Å². The summed E-state index contributed by atoms with van der Waals surface area (Å²) in [5.41, 5.74) is 1.95. The number of carbonyl (C=O) groups excluding carboxylic acids is 1. The number of pyridine rings is 1. The van der Waals surface area contributed by atoms with E-state index in [0.717, 1.165) is 41.5 Å². The van der Waals surface area contributed by atoms with Crippen LogP contribution in [0.2, 0.25) is 0 Å². The average Bonchev–Trinajstić information content (AvgIpc) is 3.27. The Labute approximate surface area is 165 Å². The van der Waals surface area contributed by atoms with Gasteiger partial charge in [0, 0.05) is 25.8 Å². The molecule has 2 N–H and O–H groups in total. The van der Waals surface area contributed by atoms with Crippen molar-refractivity contribution < 1.29 is 14.3 Å². The van der Waals surface area contributed by atoms with Gasteiger partial charge >= 0.3 is 6.03 Å². The molecule has 1 unspecified atom stereocenters. The number of nitrogens with zero attached hydrogens (tertiary/aromatic N) is 2. The van der Waals surface area contributed by atoms with E-state index in [0.29, 0.717) is 19.8 Å². The summed E-state index contributed by atoms with van der Waals surface area (Å²) in [6.45, 7) is 5.64. The molecule has 1 saturated heterocycles. The second-order valence-corrected chi connectivity index (χ2v) is 7.17. The van der Waals surface area contributed by atoms with Gasteiger partial charge in [0.1, 0.15) is 19.0 Å². The molecule has 0 radical (unpaired) electrons. The number of hydrogen-bond donors (Lipinski definition) is 2. The fraction of sp³-hybridized carbons (Fsp3) is 0.429. The van der Waals surface area contributed by atoms with E-state index >= 15 is 0 Å². The van der Waals surface area contributed by atoms with E-state index < -0.39 is 0 Å². The summed E-state index contributed by atoms with van der Waals surface area (Å²) in [6.07, 6.45) is 4.29. The predicted molar refractivity (Wildman–Crippen MR) is 107 cm³/mol. The van der Waals surface area contributed by atoms with Gasteiger partial charge in [0.15, 0.2) is 11.5 Å². The lowest BCUT2D eigenvalue weighted by molar-refractivity contribution is 0.171. The Bertz CT molecular complexity index is 819. The smallest absolute Gasteiger partial charge is 0.315 e. The number of carbonyl (C=O) groups is 1. The van der Waals surface area contributed by atoms with Gasteiger partial charge < -0.3 is 25.0 Å². The van der Waals surface area contributed by atoms with Crippen molar-refractivity contribution in [1.29, 1.82) is 0 Å². The van der Waals surface area contributed by atoms with Crippen LogP contribution in [0.4, 0.5) is 10.6 Å². The third kappa shape index (κ3) is 4.30. The molecule has 3 heterocycles. The van der Waals surface area contributed by atoms with E-state index in [4.69, 9.17) is 9.47 Å². The first-order valence-electron chi connectivity index (χ1n) is 9.83. The maximum atomic E-state index is 12.3. The summed E-state index contributed by atoms with van der Waals surface area (Å²) >= 11 is 0. The normalized spacial score (nSPS) is 16.5. The predicted octanol–water partition coefficient (Wildman–Crippen LogP) is 3.01. The lowest BCUT2D eigenvalue weighted by Crippen LogP contribution is -2.36. The largest absolute Gasteiger partial charge is 0.486 e. The molecular weight excluding hydrogens is 356 g/mol. The number of amides is 2. The lowest BCUT2D eigenvalue weighted by Gasteiger charge is -2.21. The van der Waals surface area contributed by atoms with Crippen molar-refractivity contribution in [3.05, 3.63) is 47.7 Å². The highest BCUT2D eigenvalue weighted by Crippen LogP contribution is 2.32. The van der Waals surface area contributed by atoms with Crippen molar-refractivity contribution in [2.24, 2.45) is 0 Å². The first kappa shape index (κ1) is 18.4. The molecule has 0 aliphatic carbocycles. The van der Waals surface area contributed by atoms with E-state index in [2.05, 4.69) is 20.5 Å². The summed E-state index contributed by atoms with van der Waals surface area (Å²) in [4.78, 5) is 19.1. The highest BCUT2D eigenvalue weighted by atomic mass is 16.6. The number of benzene rings is 1. The van der Waals surface area contributed by atoms with Gasteiger partial charge in [-0.15, -0.1) is 0 Å². The summed E-state index contributed by atoms with van der Waals surface area (Å²) < 4.78 is 11.1. The molecule has 1 aromatic heterocycles. The van der Waals surface area contributed by atoms with Crippen LogP contribution in [0.1, 0.15) is 36.9 Å². The number of fused-ring (bicyclic) bond motifs is 1. The highest BCUT2D eigenvalue weighted by Gasteiger charge is 2.16. The van der Waals surface area contributed by atoms with Gasteiger partial charge in [0.05, 0.1) is 6.04 Å². The summed E-state index contributed by atoms with van der Waals surface area (Å²) in [5, 5.41) is 5.85. The molecule has 1 atom stereocenters. The molecule has 0 bridgehead atoms. The van der Waals surface area contributed by atoms with Crippen LogP contribution in [-0.4, -0.2) is 37.3 Å². The van der Waals surface area contributed by atoms with Gasteiger partial charge in [-0.1, -0.05) is 12.1 Å². The van der Waals surface area contributed by atoms with Gasteiger partial charge in [-0.25, -0.2) is 9.78 Å². The van der Waals surface area contributed by atoms with Crippen LogP contribution in [0.5, 0.6) is 11.5 Å². The summed E-state index contributed by atoms with van der Waals surface area (Å²) in [7, 11) is 0.